The van der Waals surface area contributed by atoms with Crippen molar-refractivity contribution in [2.45, 2.75) is 11.4 Å². The number of hydrogen-bond acceptors (Lipinski definition) is 5. The molecule has 2 rings (SSSR count). The molecule has 6 nitrogen and oxygen atoms in total. The van der Waals surface area contributed by atoms with Crippen LogP contribution in [0.2, 0.25) is 0 Å². The zero-order valence-electron chi connectivity index (χ0n) is 11.4. The molecule has 21 heavy (non-hydrogen) atoms. The van der Waals surface area contributed by atoms with E-state index in [1.54, 1.807) is 24.3 Å². The van der Waals surface area contributed by atoms with Gasteiger partial charge in [0.2, 0.25) is 10.0 Å². The number of benzene rings is 2. The molecule has 0 unspecified atom stereocenters. The lowest BCUT2D eigenvalue weighted by atomic mass is 10.2. The summed E-state index contributed by atoms with van der Waals surface area (Å²) in [6.45, 7) is 0.337. The highest BCUT2D eigenvalue weighted by Gasteiger charge is 2.08. The summed E-state index contributed by atoms with van der Waals surface area (Å²) in [5, 5.41) is 18.0. The quantitative estimate of drug-likeness (QED) is 0.779. The van der Waals surface area contributed by atoms with Crippen molar-refractivity contribution in [2.75, 3.05) is 12.4 Å². The van der Waals surface area contributed by atoms with Crippen molar-refractivity contribution in [3.8, 4) is 11.5 Å². The number of nitrogens with two attached hydrogens (primary N) is 1. The van der Waals surface area contributed by atoms with E-state index in [4.69, 9.17) is 9.88 Å². The zero-order chi connectivity index (χ0) is 15.5. The number of hydrogen-bond donors (Lipinski definition) is 3. The van der Waals surface area contributed by atoms with Crippen molar-refractivity contribution in [3.63, 3.8) is 0 Å². The van der Waals surface area contributed by atoms with Crippen molar-refractivity contribution in [3.05, 3.63) is 48.0 Å². The maximum Gasteiger partial charge on any atom is 0.238 e. The third kappa shape index (κ3) is 3.87. The van der Waals surface area contributed by atoms with E-state index in [-0.39, 0.29) is 10.6 Å². The Bertz CT molecular complexity index is 744. The van der Waals surface area contributed by atoms with Crippen LogP contribution in [0.4, 0.5) is 5.69 Å². The Hall–Kier alpha value is -2.25. The number of phenolic OH excluding ortho intramolecular Hbond substituents is 1. The van der Waals surface area contributed by atoms with Gasteiger partial charge in [-0.2, -0.15) is 0 Å². The smallest absolute Gasteiger partial charge is 0.238 e. The van der Waals surface area contributed by atoms with Crippen molar-refractivity contribution in [2.24, 2.45) is 5.14 Å². The Balaban J connectivity index is 2.13. The summed E-state index contributed by atoms with van der Waals surface area (Å²) in [6, 6.07) is 11.1. The van der Waals surface area contributed by atoms with Crippen LogP contribution in [-0.4, -0.2) is 20.6 Å². The number of sulfonamides is 1. The van der Waals surface area contributed by atoms with Gasteiger partial charge in [-0.15, -0.1) is 0 Å². The Morgan fingerprint density at radius 2 is 2.00 bits per heavy atom. The molecule has 0 aliphatic carbocycles. The fourth-order valence-electron chi connectivity index (χ4n) is 1.80. The highest BCUT2D eigenvalue weighted by Crippen LogP contribution is 2.24. The van der Waals surface area contributed by atoms with Gasteiger partial charge in [-0.05, 0) is 30.3 Å². The first-order chi connectivity index (χ1) is 9.90. The molecule has 7 heteroatoms. The monoisotopic (exact) mass is 308 g/mol. The fraction of sp³-hybridized carbons (Fsp3) is 0.143. The normalized spacial score (nSPS) is 11.1. The van der Waals surface area contributed by atoms with Gasteiger partial charge in [-0.3, -0.25) is 0 Å². The average Bonchev–Trinajstić information content (AvgIpc) is 2.45. The standard InChI is InChI=1S/C14H16N2O4S/c1-20-12-6-5-10(14(17)8-12)9-16-11-3-2-4-13(7-11)21(15,18)19/h2-8,16-17H,9H2,1H3,(H2,15,18,19). The number of rotatable bonds is 5. The SMILES string of the molecule is COc1ccc(CNc2cccc(S(N)(=O)=O)c2)c(O)c1. The second kappa shape index (κ2) is 6.02. The number of anilines is 1. The first kappa shape index (κ1) is 15.1. The Morgan fingerprint density at radius 1 is 1.24 bits per heavy atom. The first-order valence-corrected chi connectivity index (χ1v) is 7.67. The Kier molecular flexibility index (Phi) is 4.35. The minimum absolute atomic E-state index is 0.0338. The van der Waals surface area contributed by atoms with Crippen molar-refractivity contribution in [1.82, 2.24) is 0 Å². The lowest BCUT2D eigenvalue weighted by molar-refractivity contribution is 0.406. The molecule has 112 valence electrons. The van der Waals surface area contributed by atoms with E-state index in [1.165, 1.54) is 25.3 Å². The van der Waals surface area contributed by atoms with Crippen LogP contribution >= 0.6 is 0 Å². The van der Waals surface area contributed by atoms with Gasteiger partial charge < -0.3 is 15.2 Å². The molecule has 0 aromatic heterocycles. The molecule has 0 heterocycles. The highest BCUT2D eigenvalue weighted by atomic mass is 32.2. The second-order valence-corrected chi connectivity index (χ2v) is 5.98. The van der Waals surface area contributed by atoms with Gasteiger partial charge in [0, 0.05) is 23.9 Å². The topological polar surface area (TPSA) is 102 Å². The molecule has 2 aromatic rings. The van der Waals surface area contributed by atoms with Crippen molar-refractivity contribution >= 4 is 15.7 Å². The third-order valence-corrected chi connectivity index (χ3v) is 3.85. The number of phenols is 1. The zero-order valence-corrected chi connectivity index (χ0v) is 12.2. The summed E-state index contributed by atoms with van der Waals surface area (Å²) in [5.41, 5.74) is 1.26. The predicted octanol–water partition coefficient (Wildman–Crippen LogP) is 1.66. The van der Waals surface area contributed by atoms with E-state index in [2.05, 4.69) is 5.32 Å². The van der Waals surface area contributed by atoms with Gasteiger partial charge in [-0.1, -0.05) is 6.07 Å². The number of methoxy groups -OCH3 is 1. The maximum atomic E-state index is 11.3. The predicted molar refractivity (Wildman–Crippen MR) is 79.8 cm³/mol. The van der Waals surface area contributed by atoms with E-state index >= 15 is 0 Å². The van der Waals surface area contributed by atoms with Crippen LogP contribution in [0, 0.1) is 0 Å². The van der Waals surface area contributed by atoms with Gasteiger partial charge in [0.25, 0.3) is 0 Å². The van der Waals surface area contributed by atoms with Crippen LogP contribution in [0.1, 0.15) is 5.56 Å². The van der Waals surface area contributed by atoms with E-state index in [1.807, 2.05) is 0 Å². The van der Waals surface area contributed by atoms with Crippen LogP contribution in [0.5, 0.6) is 11.5 Å². The van der Waals surface area contributed by atoms with Crippen molar-refractivity contribution in [1.29, 1.82) is 0 Å². The van der Waals surface area contributed by atoms with Crippen molar-refractivity contribution < 1.29 is 18.3 Å². The fourth-order valence-corrected chi connectivity index (χ4v) is 2.36. The number of nitrogens with one attached hydrogen (secondary N) is 1. The maximum absolute atomic E-state index is 11.3. The Labute approximate surface area is 123 Å². The minimum Gasteiger partial charge on any atom is -0.507 e. The Morgan fingerprint density at radius 3 is 2.62 bits per heavy atom. The molecule has 0 atom stereocenters. The summed E-state index contributed by atoms with van der Waals surface area (Å²) in [4.78, 5) is 0.0338. The van der Waals surface area contributed by atoms with E-state index < -0.39 is 10.0 Å². The highest BCUT2D eigenvalue weighted by molar-refractivity contribution is 7.89. The number of ether oxygens (including phenoxy) is 1. The molecule has 0 fully saturated rings. The van der Waals surface area contributed by atoms with Gasteiger partial charge in [0.05, 0.1) is 12.0 Å². The third-order valence-electron chi connectivity index (χ3n) is 2.94. The lowest BCUT2D eigenvalue weighted by Crippen LogP contribution is -2.12. The van der Waals surface area contributed by atoms with E-state index in [9.17, 15) is 13.5 Å². The summed E-state index contributed by atoms with van der Waals surface area (Å²) < 4.78 is 27.6. The van der Waals surface area contributed by atoms with Gasteiger partial charge in [0.15, 0.2) is 0 Å². The molecule has 0 aliphatic rings. The number of aromatic hydroxyl groups is 1. The van der Waals surface area contributed by atoms with Crippen LogP contribution < -0.4 is 15.2 Å². The van der Waals surface area contributed by atoms with Gasteiger partial charge in [0.1, 0.15) is 11.5 Å². The van der Waals surface area contributed by atoms with Gasteiger partial charge >= 0.3 is 0 Å². The summed E-state index contributed by atoms with van der Waals surface area (Å²) in [5.74, 6) is 0.664. The summed E-state index contributed by atoms with van der Waals surface area (Å²) >= 11 is 0. The van der Waals surface area contributed by atoms with Gasteiger partial charge in [-0.25, -0.2) is 13.6 Å². The van der Waals surface area contributed by atoms with Crippen LogP contribution in [0.25, 0.3) is 0 Å². The molecule has 0 radical (unpaired) electrons. The van der Waals surface area contributed by atoms with Crippen LogP contribution in [-0.2, 0) is 16.6 Å². The first-order valence-electron chi connectivity index (χ1n) is 6.13. The van der Waals surface area contributed by atoms with E-state index in [0.717, 1.165) is 0 Å². The van der Waals surface area contributed by atoms with E-state index in [0.29, 0.717) is 23.5 Å². The van der Waals surface area contributed by atoms with Crippen LogP contribution in [0.15, 0.2) is 47.4 Å². The van der Waals surface area contributed by atoms with Crippen LogP contribution in [0.3, 0.4) is 0 Å². The molecule has 0 amide bonds. The molecule has 4 N–H and O–H groups in total. The number of primary sulfonamides is 1. The molecule has 0 bridgehead atoms. The molecule has 0 aliphatic heterocycles. The lowest BCUT2D eigenvalue weighted by Gasteiger charge is -2.10. The second-order valence-electron chi connectivity index (χ2n) is 4.42. The molecular weight excluding hydrogens is 292 g/mol. The molecule has 0 saturated carbocycles. The molecule has 0 spiro atoms. The molecule has 0 saturated heterocycles. The average molecular weight is 308 g/mol. The summed E-state index contributed by atoms with van der Waals surface area (Å²) in [6.07, 6.45) is 0. The molecule has 2 aromatic carbocycles. The molecular formula is C14H16N2O4S. The minimum atomic E-state index is -3.73. The summed E-state index contributed by atoms with van der Waals surface area (Å²) in [7, 11) is -2.21. The largest absolute Gasteiger partial charge is 0.507 e.